The number of aromatic hydroxyl groups is 1. The van der Waals surface area contributed by atoms with Gasteiger partial charge in [0.2, 0.25) is 5.91 Å². The highest BCUT2D eigenvalue weighted by atomic mass is 16.3. The molecule has 1 aliphatic rings. The van der Waals surface area contributed by atoms with Crippen LogP contribution in [0.15, 0.2) is 48.5 Å². The second kappa shape index (κ2) is 7.70. The van der Waals surface area contributed by atoms with Gasteiger partial charge in [-0.3, -0.25) is 4.79 Å². The van der Waals surface area contributed by atoms with Gasteiger partial charge in [-0.1, -0.05) is 30.3 Å². The van der Waals surface area contributed by atoms with Crippen LogP contribution in [0.3, 0.4) is 0 Å². The Bertz CT molecular complexity index is 742. The van der Waals surface area contributed by atoms with Gasteiger partial charge in [0.15, 0.2) is 0 Å². The van der Waals surface area contributed by atoms with Crippen molar-refractivity contribution >= 4 is 11.6 Å². The highest BCUT2D eigenvalue weighted by molar-refractivity contribution is 5.94. The predicted octanol–water partition coefficient (Wildman–Crippen LogP) is 3.09. The van der Waals surface area contributed by atoms with E-state index < -0.39 is 0 Å². The molecule has 25 heavy (non-hydrogen) atoms. The molecule has 1 atom stereocenters. The van der Waals surface area contributed by atoms with Gasteiger partial charge in [0.25, 0.3) is 0 Å². The van der Waals surface area contributed by atoms with Crippen molar-refractivity contribution in [2.24, 2.45) is 5.92 Å². The van der Waals surface area contributed by atoms with Crippen LogP contribution in [-0.2, 0) is 17.6 Å². The van der Waals surface area contributed by atoms with Crippen LogP contribution in [-0.4, -0.2) is 43.1 Å². The summed E-state index contributed by atoms with van der Waals surface area (Å²) >= 11 is 0. The van der Waals surface area contributed by atoms with Crippen LogP contribution < -0.4 is 4.90 Å². The van der Waals surface area contributed by atoms with E-state index in [1.54, 1.807) is 12.1 Å². The molecule has 0 saturated carbocycles. The van der Waals surface area contributed by atoms with Gasteiger partial charge in [-0.25, -0.2) is 0 Å². The van der Waals surface area contributed by atoms with E-state index in [-0.39, 0.29) is 11.7 Å². The predicted molar refractivity (Wildman–Crippen MR) is 101 cm³/mol. The third-order valence-corrected chi connectivity index (χ3v) is 4.69. The number of amides is 1. The number of aryl methyl sites for hydroxylation is 1. The van der Waals surface area contributed by atoms with E-state index in [9.17, 15) is 9.90 Å². The molecule has 0 fully saturated rings. The van der Waals surface area contributed by atoms with Gasteiger partial charge in [-0.15, -0.1) is 0 Å². The summed E-state index contributed by atoms with van der Waals surface area (Å²) < 4.78 is 0. The van der Waals surface area contributed by atoms with Crippen molar-refractivity contribution in [2.75, 3.05) is 32.1 Å². The highest BCUT2D eigenvalue weighted by Gasteiger charge is 2.28. The number of nitrogens with zero attached hydrogens (tertiary/aromatic N) is 2. The van der Waals surface area contributed by atoms with Gasteiger partial charge in [0.05, 0.1) is 0 Å². The van der Waals surface area contributed by atoms with E-state index in [1.165, 1.54) is 5.56 Å². The Morgan fingerprint density at radius 2 is 2.00 bits per heavy atom. The Morgan fingerprint density at radius 1 is 1.20 bits per heavy atom. The van der Waals surface area contributed by atoms with Crippen LogP contribution in [0, 0.1) is 5.92 Å². The summed E-state index contributed by atoms with van der Waals surface area (Å²) in [6, 6.07) is 15.4. The van der Waals surface area contributed by atoms with Crippen LogP contribution in [0.4, 0.5) is 5.69 Å². The SMILES string of the molecule is CN(C)CC1Cc2ccccc2N(C(=O)CCc2cccc(O)c2)C1. The molecule has 4 heteroatoms. The molecule has 0 aromatic heterocycles. The molecule has 4 nitrogen and oxygen atoms in total. The maximum Gasteiger partial charge on any atom is 0.227 e. The summed E-state index contributed by atoms with van der Waals surface area (Å²) in [6.45, 7) is 1.75. The largest absolute Gasteiger partial charge is 0.508 e. The van der Waals surface area contributed by atoms with Crippen LogP contribution in [0.25, 0.3) is 0 Å². The summed E-state index contributed by atoms with van der Waals surface area (Å²) in [5, 5.41) is 9.58. The zero-order chi connectivity index (χ0) is 17.8. The molecule has 2 aromatic rings. The zero-order valence-electron chi connectivity index (χ0n) is 15.0. The van der Waals surface area contributed by atoms with Crippen molar-refractivity contribution in [3.05, 3.63) is 59.7 Å². The second-order valence-electron chi connectivity index (χ2n) is 7.14. The summed E-state index contributed by atoms with van der Waals surface area (Å²) in [5.41, 5.74) is 3.30. The van der Waals surface area contributed by atoms with E-state index in [1.807, 2.05) is 35.2 Å². The number of carbonyl (C=O) groups excluding carboxylic acids is 1. The zero-order valence-corrected chi connectivity index (χ0v) is 15.0. The Hall–Kier alpha value is -2.33. The number of hydrogen-bond donors (Lipinski definition) is 1. The van der Waals surface area contributed by atoms with E-state index in [2.05, 4.69) is 25.1 Å². The number of anilines is 1. The first-order valence-corrected chi connectivity index (χ1v) is 8.84. The van der Waals surface area contributed by atoms with Crippen molar-refractivity contribution in [3.8, 4) is 5.75 Å². The average molecular weight is 338 g/mol. The first kappa shape index (κ1) is 17.5. The smallest absolute Gasteiger partial charge is 0.227 e. The molecule has 1 unspecified atom stereocenters. The maximum absolute atomic E-state index is 12.9. The third kappa shape index (κ3) is 4.40. The lowest BCUT2D eigenvalue weighted by molar-refractivity contribution is -0.118. The maximum atomic E-state index is 12.9. The van der Waals surface area contributed by atoms with E-state index in [0.29, 0.717) is 18.8 Å². The number of para-hydroxylation sites is 1. The van der Waals surface area contributed by atoms with Crippen LogP contribution in [0.5, 0.6) is 5.75 Å². The lowest BCUT2D eigenvalue weighted by Gasteiger charge is -2.36. The second-order valence-corrected chi connectivity index (χ2v) is 7.14. The van der Waals surface area contributed by atoms with Gasteiger partial charge in [0.1, 0.15) is 5.75 Å². The Balaban J connectivity index is 1.73. The molecule has 1 N–H and O–H groups in total. The minimum atomic E-state index is 0.152. The number of benzene rings is 2. The Kier molecular flexibility index (Phi) is 5.39. The number of phenolic OH excluding ortho intramolecular Hbond substituents is 1. The fourth-order valence-corrected chi connectivity index (χ4v) is 3.65. The van der Waals surface area contributed by atoms with Crippen molar-refractivity contribution in [1.29, 1.82) is 0 Å². The molecule has 0 radical (unpaired) electrons. The molecule has 132 valence electrons. The van der Waals surface area contributed by atoms with Crippen LogP contribution in [0.2, 0.25) is 0 Å². The van der Waals surface area contributed by atoms with E-state index in [4.69, 9.17) is 0 Å². The fourth-order valence-electron chi connectivity index (χ4n) is 3.65. The van der Waals surface area contributed by atoms with E-state index >= 15 is 0 Å². The number of fused-ring (bicyclic) bond motifs is 1. The summed E-state index contributed by atoms with van der Waals surface area (Å²) in [4.78, 5) is 17.0. The van der Waals surface area contributed by atoms with Crippen molar-refractivity contribution in [2.45, 2.75) is 19.3 Å². The average Bonchev–Trinajstić information content (AvgIpc) is 2.58. The van der Waals surface area contributed by atoms with Gasteiger partial charge >= 0.3 is 0 Å². The number of rotatable bonds is 5. The number of phenols is 1. The minimum Gasteiger partial charge on any atom is -0.508 e. The van der Waals surface area contributed by atoms with Gasteiger partial charge in [-0.2, -0.15) is 0 Å². The third-order valence-electron chi connectivity index (χ3n) is 4.69. The topological polar surface area (TPSA) is 43.8 Å². The molecule has 0 bridgehead atoms. The van der Waals surface area contributed by atoms with Gasteiger partial charge in [-0.05, 0) is 62.2 Å². The Labute approximate surface area is 149 Å². The molecule has 0 aliphatic carbocycles. The number of carbonyl (C=O) groups is 1. The summed E-state index contributed by atoms with van der Waals surface area (Å²) in [7, 11) is 4.16. The molecule has 2 aromatic carbocycles. The Morgan fingerprint density at radius 3 is 2.76 bits per heavy atom. The molecule has 1 aliphatic heterocycles. The fraction of sp³-hybridized carbons (Fsp3) is 0.381. The van der Waals surface area contributed by atoms with Crippen molar-refractivity contribution in [3.63, 3.8) is 0 Å². The summed E-state index contributed by atoms with van der Waals surface area (Å²) in [5.74, 6) is 0.855. The molecule has 1 heterocycles. The molecular formula is C21H26N2O2. The number of hydrogen-bond acceptors (Lipinski definition) is 3. The molecule has 0 spiro atoms. The molecule has 0 saturated heterocycles. The summed E-state index contributed by atoms with van der Waals surface area (Å²) in [6.07, 6.45) is 2.11. The molecule has 3 rings (SSSR count). The van der Waals surface area contributed by atoms with Gasteiger partial charge in [0, 0.05) is 25.2 Å². The first-order chi connectivity index (χ1) is 12.0. The van der Waals surface area contributed by atoms with Gasteiger partial charge < -0.3 is 14.9 Å². The quantitative estimate of drug-likeness (QED) is 0.911. The lowest BCUT2D eigenvalue weighted by atomic mass is 9.91. The highest BCUT2D eigenvalue weighted by Crippen LogP contribution is 2.30. The van der Waals surface area contributed by atoms with Crippen LogP contribution in [0.1, 0.15) is 17.5 Å². The van der Waals surface area contributed by atoms with E-state index in [0.717, 1.165) is 30.8 Å². The van der Waals surface area contributed by atoms with Crippen molar-refractivity contribution in [1.82, 2.24) is 4.90 Å². The standard InChI is InChI=1S/C21H26N2O2/c1-22(2)14-17-12-18-7-3-4-9-20(18)23(15-17)21(25)11-10-16-6-5-8-19(24)13-16/h3-9,13,17,24H,10-12,14-15H2,1-2H3. The first-order valence-electron chi connectivity index (χ1n) is 8.84. The minimum absolute atomic E-state index is 0.152. The monoisotopic (exact) mass is 338 g/mol. The lowest BCUT2D eigenvalue weighted by Crippen LogP contribution is -2.43. The van der Waals surface area contributed by atoms with Crippen molar-refractivity contribution < 1.29 is 9.90 Å². The molecular weight excluding hydrogens is 312 g/mol. The molecule has 1 amide bonds. The normalized spacial score (nSPS) is 16.8. The van der Waals surface area contributed by atoms with Crippen LogP contribution >= 0.6 is 0 Å².